The minimum absolute atomic E-state index is 1.03. The molecule has 3 aromatic heterocycles. The first-order chi connectivity index (χ1) is 33.7. The zero-order chi connectivity index (χ0) is 45.0. The van der Waals surface area contributed by atoms with Crippen molar-refractivity contribution in [3.8, 4) is 28.2 Å². The third kappa shape index (κ3) is 6.61. The largest absolute Gasteiger partial charge is 0.355 e. The van der Waals surface area contributed by atoms with Crippen LogP contribution in [-0.2, 0) is 0 Å². The van der Waals surface area contributed by atoms with Crippen molar-refractivity contribution in [3.05, 3.63) is 261 Å². The highest BCUT2D eigenvalue weighted by Gasteiger charge is 2.19. The molecule has 0 unspecified atom stereocenters. The number of benzene rings is 11. The van der Waals surface area contributed by atoms with Crippen LogP contribution >= 0.6 is 0 Å². The number of hydrogen-bond acceptors (Lipinski definition) is 1. The summed E-state index contributed by atoms with van der Waals surface area (Å²) in [4.78, 5) is 0. The Labute approximate surface area is 393 Å². The fourth-order valence-electron chi connectivity index (χ4n) is 10.5. The van der Waals surface area contributed by atoms with Gasteiger partial charge in [0.05, 0.1) is 33.1 Å². The van der Waals surface area contributed by atoms with Gasteiger partial charge in [0.25, 0.3) is 0 Å². The number of hydrogen-bond donors (Lipinski definition) is 1. The lowest BCUT2D eigenvalue weighted by Gasteiger charge is -2.17. The van der Waals surface area contributed by atoms with Gasteiger partial charge in [-0.3, -0.25) is 0 Å². The van der Waals surface area contributed by atoms with E-state index in [9.17, 15) is 0 Å². The van der Waals surface area contributed by atoms with Crippen LogP contribution in [0, 0.1) is 0 Å². The average molecular weight is 869 g/mol. The molecule has 0 bridgehead atoms. The molecule has 0 atom stereocenters. The molecule has 0 amide bonds. The summed E-state index contributed by atoms with van der Waals surface area (Å²) in [5.41, 5.74) is 15.2. The van der Waals surface area contributed by atoms with E-state index in [-0.39, 0.29) is 0 Å². The summed E-state index contributed by atoms with van der Waals surface area (Å²) in [7, 11) is 0. The SMILES string of the molecule is c1ccc(-n2c3ccccc3c3cccc(-c4cc(Nc5ccc6ccccc6c5)cc(-n5c6ccccc6c6ccccc65)c4)c32)cc1.c1ccc(-n2c3ccccc3c3ccccc32)cc1. The maximum Gasteiger partial charge on any atom is 0.0619 e. The van der Waals surface area contributed by atoms with Gasteiger partial charge in [-0.1, -0.05) is 176 Å². The Morgan fingerprint density at radius 3 is 1.24 bits per heavy atom. The summed E-state index contributed by atoms with van der Waals surface area (Å²) in [5.74, 6) is 0. The van der Waals surface area contributed by atoms with Gasteiger partial charge in [-0.15, -0.1) is 0 Å². The zero-order valence-electron chi connectivity index (χ0n) is 37.2. The van der Waals surface area contributed by atoms with Crippen LogP contribution in [0.5, 0.6) is 0 Å². The highest BCUT2D eigenvalue weighted by Crippen LogP contribution is 2.41. The molecule has 0 aliphatic heterocycles. The molecular weight excluding hydrogens is 825 g/mol. The molecule has 14 aromatic rings. The quantitative estimate of drug-likeness (QED) is 0.177. The molecule has 11 aromatic carbocycles. The molecule has 0 radical (unpaired) electrons. The van der Waals surface area contributed by atoms with Gasteiger partial charge >= 0.3 is 0 Å². The Bertz CT molecular complexity index is 4070. The van der Waals surface area contributed by atoms with Crippen LogP contribution in [0.2, 0.25) is 0 Å². The fourth-order valence-corrected chi connectivity index (χ4v) is 10.5. The first-order valence-electron chi connectivity index (χ1n) is 23.3. The van der Waals surface area contributed by atoms with Crippen LogP contribution in [0.1, 0.15) is 0 Å². The standard InChI is InChI=1S/C46H31N3.C18H13N/c1-2-15-36(16-3-1)49-45-24-11-8-19-41(45)42-21-12-20-38(46(42)49)33-28-35(47-34-26-25-31-13-4-5-14-32(31)27-34)30-37(29-33)48-43-22-9-6-17-39(43)40-18-7-10-23-44(40)48;1-2-8-14(9-3-1)19-17-12-6-4-10-15(17)16-11-5-7-13-18(16)19/h1-30,47H;1-13H. The van der Waals surface area contributed by atoms with Crippen LogP contribution in [-0.4, -0.2) is 13.7 Å². The molecule has 0 saturated heterocycles. The first kappa shape index (κ1) is 39.3. The third-order valence-corrected chi connectivity index (χ3v) is 13.4. The number of fused-ring (bicyclic) bond motifs is 10. The van der Waals surface area contributed by atoms with Gasteiger partial charge in [0.1, 0.15) is 0 Å². The highest BCUT2D eigenvalue weighted by molar-refractivity contribution is 6.14. The minimum Gasteiger partial charge on any atom is -0.355 e. The normalized spacial score (nSPS) is 11.5. The maximum absolute atomic E-state index is 3.81. The first-order valence-corrected chi connectivity index (χ1v) is 23.3. The molecule has 0 saturated carbocycles. The molecule has 14 rings (SSSR count). The van der Waals surface area contributed by atoms with E-state index in [1.165, 1.54) is 87.4 Å². The second kappa shape index (κ2) is 16.4. The maximum atomic E-state index is 3.81. The van der Waals surface area contributed by atoms with Crippen LogP contribution in [0.15, 0.2) is 261 Å². The Morgan fingerprint density at radius 1 is 0.250 bits per heavy atom. The molecule has 320 valence electrons. The molecule has 68 heavy (non-hydrogen) atoms. The number of para-hydroxylation sites is 8. The molecule has 0 fully saturated rings. The summed E-state index contributed by atoms with van der Waals surface area (Å²) >= 11 is 0. The van der Waals surface area contributed by atoms with Gasteiger partial charge in [0.2, 0.25) is 0 Å². The second-order valence-electron chi connectivity index (χ2n) is 17.4. The number of rotatable bonds is 6. The van der Waals surface area contributed by atoms with E-state index in [4.69, 9.17) is 0 Å². The molecular formula is C64H44N4. The monoisotopic (exact) mass is 868 g/mol. The van der Waals surface area contributed by atoms with Crippen molar-refractivity contribution in [1.29, 1.82) is 0 Å². The smallest absolute Gasteiger partial charge is 0.0619 e. The number of nitrogens with zero attached hydrogens (tertiary/aromatic N) is 3. The van der Waals surface area contributed by atoms with Crippen molar-refractivity contribution in [2.75, 3.05) is 5.32 Å². The number of nitrogens with one attached hydrogen (secondary N) is 1. The van der Waals surface area contributed by atoms with E-state index >= 15 is 0 Å². The molecule has 1 N–H and O–H groups in total. The molecule has 0 aliphatic carbocycles. The van der Waals surface area contributed by atoms with Crippen molar-refractivity contribution in [2.24, 2.45) is 0 Å². The van der Waals surface area contributed by atoms with Gasteiger partial charge in [0, 0.05) is 66.3 Å². The fraction of sp³-hybridized carbons (Fsp3) is 0. The van der Waals surface area contributed by atoms with Crippen molar-refractivity contribution >= 4 is 87.6 Å². The Hall–Kier alpha value is -9.12. The van der Waals surface area contributed by atoms with Gasteiger partial charge in [-0.2, -0.15) is 0 Å². The highest BCUT2D eigenvalue weighted by atomic mass is 15.0. The lowest BCUT2D eigenvalue weighted by Crippen LogP contribution is -1.99. The summed E-state index contributed by atoms with van der Waals surface area (Å²) in [5, 5.41) is 13.8. The topological polar surface area (TPSA) is 26.8 Å². The van der Waals surface area contributed by atoms with E-state index in [0.29, 0.717) is 0 Å². The molecule has 4 heteroatoms. The number of anilines is 2. The predicted molar refractivity (Wildman–Crippen MR) is 289 cm³/mol. The molecule has 4 nitrogen and oxygen atoms in total. The third-order valence-electron chi connectivity index (χ3n) is 13.4. The summed E-state index contributed by atoms with van der Waals surface area (Å²) < 4.78 is 7.15. The van der Waals surface area contributed by atoms with E-state index in [0.717, 1.165) is 28.3 Å². The van der Waals surface area contributed by atoms with E-state index < -0.39 is 0 Å². The van der Waals surface area contributed by atoms with E-state index in [1.54, 1.807) is 0 Å². The Morgan fingerprint density at radius 2 is 0.676 bits per heavy atom. The van der Waals surface area contributed by atoms with Crippen LogP contribution < -0.4 is 5.32 Å². The van der Waals surface area contributed by atoms with Crippen molar-refractivity contribution in [2.45, 2.75) is 0 Å². The summed E-state index contributed by atoms with van der Waals surface area (Å²) in [6.07, 6.45) is 0. The minimum atomic E-state index is 1.03. The predicted octanol–water partition coefficient (Wildman–Crippen LogP) is 17.2. The van der Waals surface area contributed by atoms with Gasteiger partial charge in [0.15, 0.2) is 0 Å². The van der Waals surface area contributed by atoms with Crippen LogP contribution in [0.3, 0.4) is 0 Å². The van der Waals surface area contributed by atoms with E-state index in [1.807, 2.05) is 0 Å². The van der Waals surface area contributed by atoms with E-state index in [2.05, 4.69) is 280 Å². The summed E-state index contributed by atoms with van der Waals surface area (Å²) in [6.45, 7) is 0. The van der Waals surface area contributed by atoms with Gasteiger partial charge < -0.3 is 19.0 Å². The molecule has 0 spiro atoms. The Balaban J connectivity index is 0.000000200. The molecule has 3 heterocycles. The average Bonchev–Trinajstić information content (AvgIpc) is 4.05. The second-order valence-corrected chi connectivity index (χ2v) is 17.4. The lowest BCUT2D eigenvalue weighted by atomic mass is 10.00. The Kier molecular flexibility index (Phi) is 9.47. The lowest BCUT2D eigenvalue weighted by molar-refractivity contribution is 1.17. The van der Waals surface area contributed by atoms with Crippen LogP contribution in [0.4, 0.5) is 11.4 Å². The number of aromatic nitrogens is 3. The van der Waals surface area contributed by atoms with Crippen molar-refractivity contribution in [1.82, 2.24) is 13.7 Å². The van der Waals surface area contributed by atoms with Gasteiger partial charge in [-0.05, 0) is 101 Å². The molecule has 0 aliphatic rings. The van der Waals surface area contributed by atoms with Crippen molar-refractivity contribution < 1.29 is 0 Å². The van der Waals surface area contributed by atoms with Crippen molar-refractivity contribution in [3.63, 3.8) is 0 Å². The van der Waals surface area contributed by atoms with Crippen LogP contribution in [0.25, 0.3) is 104 Å². The van der Waals surface area contributed by atoms with Gasteiger partial charge in [-0.25, -0.2) is 0 Å². The summed E-state index contributed by atoms with van der Waals surface area (Å²) in [6, 6.07) is 93.3. The zero-order valence-corrected chi connectivity index (χ0v) is 37.2.